The van der Waals surface area contributed by atoms with Crippen LogP contribution in [-0.4, -0.2) is 0 Å². The van der Waals surface area contributed by atoms with Crippen LogP contribution in [0.3, 0.4) is 0 Å². The number of hydrogen-bond acceptors (Lipinski definition) is 0. The molecule has 0 N–H and O–H groups in total. The van der Waals surface area contributed by atoms with Gasteiger partial charge in [0, 0.05) is 0 Å². The fourth-order valence-corrected chi connectivity index (χ4v) is 3.97. The Morgan fingerprint density at radius 3 is 1.33 bits per heavy atom. The average Bonchev–Trinajstić information content (AvgIpc) is 2.18. The van der Waals surface area contributed by atoms with E-state index >= 15 is 0 Å². The molecule has 2 unspecified atom stereocenters. The van der Waals surface area contributed by atoms with Gasteiger partial charge in [0.05, 0.1) is 0 Å². The van der Waals surface area contributed by atoms with Crippen molar-refractivity contribution in [3.05, 3.63) is 0 Å². The number of rotatable bonds is 2. The third-order valence-electron chi connectivity index (χ3n) is 4.52. The highest BCUT2D eigenvalue weighted by molar-refractivity contribution is 4.91. The molecule has 0 heteroatoms. The minimum Gasteiger partial charge on any atom is -0.0651 e. The Morgan fingerprint density at radius 1 is 0.750 bits per heavy atom. The topological polar surface area (TPSA) is 0 Å². The predicted molar refractivity (Wildman–Crippen MR) is 53.0 cm³/mol. The summed E-state index contributed by atoms with van der Waals surface area (Å²) >= 11 is 0. The van der Waals surface area contributed by atoms with Crippen LogP contribution in [0, 0.1) is 23.7 Å². The van der Waals surface area contributed by atoms with Crippen LogP contribution in [-0.2, 0) is 0 Å². The van der Waals surface area contributed by atoms with Crippen LogP contribution in [0.5, 0.6) is 0 Å². The highest BCUT2D eigenvalue weighted by Crippen LogP contribution is 2.51. The summed E-state index contributed by atoms with van der Waals surface area (Å²) in [7, 11) is 0. The molecule has 0 aromatic heterocycles. The van der Waals surface area contributed by atoms with Crippen LogP contribution in [0.4, 0.5) is 0 Å². The van der Waals surface area contributed by atoms with E-state index in [2.05, 4.69) is 13.8 Å². The van der Waals surface area contributed by atoms with Crippen LogP contribution in [0.1, 0.15) is 52.4 Å². The summed E-state index contributed by atoms with van der Waals surface area (Å²) in [6, 6.07) is 0. The van der Waals surface area contributed by atoms with E-state index in [-0.39, 0.29) is 0 Å². The average molecular weight is 166 g/mol. The summed E-state index contributed by atoms with van der Waals surface area (Å²) in [4.78, 5) is 0. The summed E-state index contributed by atoms with van der Waals surface area (Å²) < 4.78 is 0. The maximum absolute atomic E-state index is 2.40. The van der Waals surface area contributed by atoms with Crippen LogP contribution in [0.2, 0.25) is 0 Å². The molecule has 2 atom stereocenters. The van der Waals surface area contributed by atoms with Gasteiger partial charge in [0.15, 0.2) is 0 Å². The minimum absolute atomic E-state index is 1.10. The smallest absolute Gasteiger partial charge is 0.0357 e. The molecule has 3 aliphatic rings. The van der Waals surface area contributed by atoms with E-state index in [4.69, 9.17) is 0 Å². The molecular formula is C12H22. The molecule has 3 saturated carbocycles. The molecule has 3 aliphatic carbocycles. The number of hydrogen-bond donors (Lipinski definition) is 0. The molecule has 3 rings (SSSR count). The molecule has 0 saturated heterocycles. The highest BCUT2D eigenvalue weighted by atomic mass is 14.5. The monoisotopic (exact) mass is 166 g/mol. The van der Waals surface area contributed by atoms with Gasteiger partial charge in [-0.3, -0.25) is 0 Å². The van der Waals surface area contributed by atoms with E-state index < -0.39 is 0 Å². The van der Waals surface area contributed by atoms with E-state index in [1.807, 2.05) is 0 Å². The Bertz CT molecular complexity index is 124. The van der Waals surface area contributed by atoms with Crippen molar-refractivity contribution < 1.29 is 0 Å². The summed E-state index contributed by atoms with van der Waals surface area (Å²) in [6.45, 7) is 4.79. The van der Waals surface area contributed by atoms with Gasteiger partial charge in [-0.15, -0.1) is 0 Å². The molecule has 0 radical (unpaired) electrons. The van der Waals surface area contributed by atoms with Crippen LogP contribution in [0.25, 0.3) is 0 Å². The Labute approximate surface area is 76.7 Å². The van der Waals surface area contributed by atoms with Crippen LogP contribution in [0.15, 0.2) is 0 Å². The standard InChI is InChI=1S/C12H22/c1-3-11-9-5-7-10(8-6-9)12(11)4-2/h9-12H,3-8H2,1-2H3. The van der Waals surface area contributed by atoms with E-state index in [1.165, 1.54) is 12.8 Å². The molecule has 0 spiro atoms. The zero-order valence-corrected chi connectivity index (χ0v) is 8.55. The lowest BCUT2D eigenvalue weighted by molar-refractivity contribution is 0.0190. The zero-order chi connectivity index (χ0) is 8.55. The highest BCUT2D eigenvalue weighted by Gasteiger charge is 2.41. The molecule has 0 aromatic rings. The van der Waals surface area contributed by atoms with Crippen molar-refractivity contribution in [2.45, 2.75) is 52.4 Å². The molecular weight excluding hydrogens is 144 g/mol. The van der Waals surface area contributed by atoms with Gasteiger partial charge in [-0.05, 0) is 49.4 Å². The predicted octanol–water partition coefficient (Wildman–Crippen LogP) is 3.86. The van der Waals surface area contributed by atoms with Gasteiger partial charge in [0.1, 0.15) is 0 Å². The molecule has 70 valence electrons. The maximum atomic E-state index is 2.40. The third-order valence-corrected chi connectivity index (χ3v) is 4.52. The Hall–Kier alpha value is 0. The second kappa shape index (κ2) is 3.40. The SMILES string of the molecule is CCC1C2CCC(CC2)C1CC. The van der Waals surface area contributed by atoms with Crippen molar-refractivity contribution in [2.75, 3.05) is 0 Å². The van der Waals surface area contributed by atoms with Gasteiger partial charge in [0.2, 0.25) is 0 Å². The summed E-state index contributed by atoms with van der Waals surface area (Å²) in [5.41, 5.74) is 0. The van der Waals surface area contributed by atoms with E-state index in [1.54, 1.807) is 25.7 Å². The first-order valence-electron chi connectivity index (χ1n) is 5.86. The molecule has 0 aliphatic heterocycles. The van der Waals surface area contributed by atoms with E-state index in [0.29, 0.717) is 0 Å². The minimum atomic E-state index is 1.10. The normalized spacial score (nSPS) is 46.5. The summed E-state index contributed by atoms with van der Waals surface area (Å²) in [6.07, 6.45) is 9.11. The molecule has 0 heterocycles. The maximum Gasteiger partial charge on any atom is -0.0357 e. The van der Waals surface area contributed by atoms with Gasteiger partial charge in [-0.1, -0.05) is 26.7 Å². The summed E-state index contributed by atoms with van der Waals surface area (Å²) in [5, 5.41) is 0. The van der Waals surface area contributed by atoms with Gasteiger partial charge in [-0.25, -0.2) is 0 Å². The second-order valence-corrected chi connectivity index (χ2v) is 4.82. The van der Waals surface area contributed by atoms with Gasteiger partial charge in [-0.2, -0.15) is 0 Å². The second-order valence-electron chi connectivity index (χ2n) is 4.82. The fourth-order valence-electron chi connectivity index (χ4n) is 3.97. The lowest BCUT2D eigenvalue weighted by atomic mass is 9.57. The molecule has 3 fully saturated rings. The number of fused-ring (bicyclic) bond motifs is 3. The van der Waals surface area contributed by atoms with Crippen molar-refractivity contribution in [2.24, 2.45) is 23.7 Å². The molecule has 2 bridgehead atoms. The van der Waals surface area contributed by atoms with Crippen molar-refractivity contribution in [1.29, 1.82) is 0 Å². The Balaban J connectivity index is 2.10. The van der Waals surface area contributed by atoms with Crippen molar-refractivity contribution >= 4 is 0 Å². The largest absolute Gasteiger partial charge is 0.0651 e. The van der Waals surface area contributed by atoms with Crippen molar-refractivity contribution in [3.63, 3.8) is 0 Å². The van der Waals surface area contributed by atoms with Crippen LogP contribution >= 0.6 is 0 Å². The first-order chi connectivity index (χ1) is 5.86. The van der Waals surface area contributed by atoms with Gasteiger partial charge in [0.25, 0.3) is 0 Å². The molecule has 0 aromatic carbocycles. The van der Waals surface area contributed by atoms with Crippen molar-refractivity contribution in [1.82, 2.24) is 0 Å². The third kappa shape index (κ3) is 1.20. The zero-order valence-electron chi connectivity index (χ0n) is 8.55. The van der Waals surface area contributed by atoms with E-state index in [0.717, 1.165) is 23.7 Å². The lowest BCUT2D eigenvalue weighted by Gasteiger charge is -2.48. The van der Waals surface area contributed by atoms with Crippen LogP contribution < -0.4 is 0 Å². The first-order valence-corrected chi connectivity index (χ1v) is 5.86. The lowest BCUT2D eigenvalue weighted by Crippen LogP contribution is -2.39. The van der Waals surface area contributed by atoms with Crippen molar-refractivity contribution in [3.8, 4) is 0 Å². The first kappa shape index (κ1) is 8.59. The molecule has 0 amide bonds. The van der Waals surface area contributed by atoms with Gasteiger partial charge >= 0.3 is 0 Å². The van der Waals surface area contributed by atoms with Gasteiger partial charge < -0.3 is 0 Å². The fraction of sp³-hybridized carbons (Fsp3) is 1.00. The molecule has 12 heavy (non-hydrogen) atoms. The quantitative estimate of drug-likeness (QED) is 0.584. The summed E-state index contributed by atoms with van der Waals surface area (Å²) in [5.74, 6) is 4.43. The van der Waals surface area contributed by atoms with E-state index in [9.17, 15) is 0 Å². The molecule has 0 nitrogen and oxygen atoms in total. The Morgan fingerprint density at radius 2 is 1.08 bits per heavy atom. The Kier molecular flexibility index (Phi) is 2.43.